The molecule has 0 unspecified atom stereocenters. The molecular formula is C7H6F2INO. The van der Waals surface area contributed by atoms with Crippen molar-refractivity contribution in [1.82, 2.24) is 4.98 Å². The number of rotatable bonds is 2. The normalized spacial score (nSPS) is 10.4. The van der Waals surface area contributed by atoms with Gasteiger partial charge in [-0.05, 0) is 22.6 Å². The lowest BCUT2D eigenvalue weighted by Gasteiger charge is -2.07. The molecule has 0 saturated carbocycles. The van der Waals surface area contributed by atoms with E-state index < -0.39 is 6.43 Å². The van der Waals surface area contributed by atoms with Crippen molar-refractivity contribution in [2.75, 3.05) is 7.11 Å². The molecule has 12 heavy (non-hydrogen) atoms. The van der Waals surface area contributed by atoms with Gasteiger partial charge < -0.3 is 4.74 Å². The molecule has 0 bridgehead atoms. The van der Waals surface area contributed by atoms with Crippen molar-refractivity contribution in [3.63, 3.8) is 0 Å². The van der Waals surface area contributed by atoms with Crippen LogP contribution >= 0.6 is 22.6 Å². The molecule has 66 valence electrons. The first-order chi connectivity index (χ1) is 5.66. The second-order valence-corrected chi connectivity index (χ2v) is 3.20. The molecule has 2 nitrogen and oxygen atoms in total. The van der Waals surface area contributed by atoms with Crippen molar-refractivity contribution in [3.05, 3.63) is 21.5 Å². The van der Waals surface area contributed by atoms with Gasteiger partial charge in [0, 0.05) is 9.77 Å². The molecule has 5 heteroatoms. The molecule has 0 aromatic carbocycles. The number of nitrogens with zero attached hydrogens (tertiary/aromatic N) is 1. The van der Waals surface area contributed by atoms with Crippen LogP contribution in [0.25, 0.3) is 0 Å². The van der Waals surface area contributed by atoms with Crippen LogP contribution < -0.4 is 4.74 Å². The maximum atomic E-state index is 12.4. The summed E-state index contributed by atoms with van der Waals surface area (Å²) in [6.07, 6.45) is 0.142. The Morgan fingerprint density at radius 1 is 1.50 bits per heavy atom. The Hall–Kier alpha value is -0.460. The van der Waals surface area contributed by atoms with E-state index in [4.69, 9.17) is 4.74 Å². The fraction of sp³-hybridized carbons (Fsp3) is 0.286. The van der Waals surface area contributed by atoms with Crippen LogP contribution in [0, 0.1) is 3.57 Å². The van der Waals surface area contributed by atoms with Crippen molar-refractivity contribution in [1.29, 1.82) is 0 Å². The third-order valence-electron chi connectivity index (χ3n) is 1.34. The number of hydrogen-bond acceptors (Lipinski definition) is 2. The van der Waals surface area contributed by atoms with Gasteiger partial charge in [0.05, 0.1) is 18.9 Å². The van der Waals surface area contributed by atoms with E-state index in [0.717, 1.165) is 0 Å². The Bertz CT molecular complexity index is 280. The lowest BCUT2D eigenvalue weighted by molar-refractivity contribution is 0.146. The van der Waals surface area contributed by atoms with Crippen LogP contribution in [-0.2, 0) is 0 Å². The van der Waals surface area contributed by atoms with E-state index in [9.17, 15) is 8.78 Å². The standard InChI is InChI=1S/C7H6F2INO/c1-12-5-3-11-2-4(10)6(5)7(8)9/h2-3,7H,1H3. The molecule has 0 aliphatic heterocycles. The van der Waals surface area contributed by atoms with E-state index in [1.54, 1.807) is 22.6 Å². The molecule has 0 radical (unpaired) electrons. The molecule has 1 heterocycles. The van der Waals surface area contributed by atoms with Crippen LogP contribution in [0.3, 0.4) is 0 Å². The lowest BCUT2D eigenvalue weighted by Crippen LogP contribution is -1.96. The van der Waals surface area contributed by atoms with Gasteiger partial charge in [-0.2, -0.15) is 0 Å². The van der Waals surface area contributed by atoms with Gasteiger partial charge in [0.1, 0.15) is 5.75 Å². The molecule has 0 atom stereocenters. The molecule has 1 aromatic heterocycles. The zero-order chi connectivity index (χ0) is 9.14. The van der Waals surface area contributed by atoms with Crippen LogP contribution in [-0.4, -0.2) is 12.1 Å². The van der Waals surface area contributed by atoms with Crippen LogP contribution in [0.15, 0.2) is 12.4 Å². The molecule has 0 saturated heterocycles. The predicted molar refractivity (Wildman–Crippen MR) is 48.5 cm³/mol. The molecule has 0 N–H and O–H groups in total. The van der Waals surface area contributed by atoms with Crippen LogP contribution in [0.1, 0.15) is 12.0 Å². The number of halogens is 3. The fourth-order valence-corrected chi connectivity index (χ4v) is 1.46. The van der Waals surface area contributed by atoms with Crippen LogP contribution in [0.5, 0.6) is 5.75 Å². The summed E-state index contributed by atoms with van der Waals surface area (Å²) in [7, 11) is 1.35. The van der Waals surface area contributed by atoms with Crippen LogP contribution in [0.2, 0.25) is 0 Å². The molecule has 0 spiro atoms. The summed E-state index contributed by atoms with van der Waals surface area (Å²) >= 11 is 1.80. The molecule has 0 aliphatic rings. The van der Waals surface area contributed by atoms with Gasteiger partial charge in [0.25, 0.3) is 6.43 Å². The topological polar surface area (TPSA) is 22.1 Å². The van der Waals surface area contributed by atoms with Gasteiger partial charge in [-0.15, -0.1) is 0 Å². The van der Waals surface area contributed by atoms with Crippen molar-refractivity contribution in [2.45, 2.75) is 6.43 Å². The van der Waals surface area contributed by atoms with Crippen LogP contribution in [0.4, 0.5) is 8.78 Å². The van der Waals surface area contributed by atoms with Gasteiger partial charge >= 0.3 is 0 Å². The third-order valence-corrected chi connectivity index (χ3v) is 2.20. The van der Waals surface area contributed by atoms with E-state index in [1.165, 1.54) is 19.5 Å². The number of hydrogen-bond donors (Lipinski definition) is 0. The number of ether oxygens (including phenoxy) is 1. The Kier molecular flexibility index (Phi) is 3.19. The summed E-state index contributed by atoms with van der Waals surface area (Å²) in [5, 5.41) is 0. The summed E-state index contributed by atoms with van der Waals surface area (Å²) in [6.45, 7) is 0. The third kappa shape index (κ3) is 1.82. The average Bonchev–Trinajstić information content (AvgIpc) is 2.03. The van der Waals surface area contributed by atoms with Gasteiger partial charge in [-0.25, -0.2) is 8.78 Å². The first-order valence-corrected chi connectivity index (χ1v) is 4.20. The summed E-state index contributed by atoms with van der Waals surface area (Å²) in [5.74, 6) is 0.136. The summed E-state index contributed by atoms with van der Waals surface area (Å²) in [4.78, 5) is 3.73. The Labute approximate surface area is 82.1 Å². The van der Waals surface area contributed by atoms with Crippen molar-refractivity contribution >= 4 is 22.6 Å². The van der Waals surface area contributed by atoms with Gasteiger partial charge in [0.15, 0.2) is 0 Å². The highest BCUT2D eigenvalue weighted by molar-refractivity contribution is 14.1. The van der Waals surface area contributed by atoms with E-state index in [2.05, 4.69) is 4.98 Å². The van der Waals surface area contributed by atoms with E-state index in [1.807, 2.05) is 0 Å². The lowest BCUT2D eigenvalue weighted by atomic mass is 10.2. The first kappa shape index (κ1) is 9.63. The molecule has 1 aromatic rings. The molecule has 0 amide bonds. The van der Waals surface area contributed by atoms with E-state index in [-0.39, 0.29) is 11.3 Å². The number of pyridine rings is 1. The van der Waals surface area contributed by atoms with Gasteiger partial charge in [-0.3, -0.25) is 4.98 Å². The quantitative estimate of drug-likeness (QED) is 0.779. The molecule has 0 fully saturated rings. The van der Waals surface area contributed by atoms with Gasteiger partial charge in [0.2, 0.25) is 0 Å². The maximum absolute atomic E-state index is 12.4. The summed E-state index contributed by atoms with van der Waals surface area (Å²) < 4.78 is 29.9. The fourth-order valence-electron chi connectivity index (χ4n) is 0.802. The predicted octanol–water partition coefficient (Wildman–Crippen LogP) is 2.63. The van der Waals surface area contributed by atoms with Gasteiger partial charge in [-0.1, -0.05) is 0 Å². The van der Waals surface area contributed by atoms with Crippen molar-refractivity contribution < 1.29 is 13.5 Å². The highest BCUT2D eigenvalue weighted by Gasteiger charge is 2.17. The molecule has 0 aliphatic carbocycles. The second-order valence-electron chi connectivity index (χ2n) is 2.04. The molecule has 1 rings (SSSR count). The first-order valence-electron chi connectivity index (χ1n) is 3.12. The minimum absolute atomic E-state index is 0.0897. The minimum Gasteiger partial charge on any atom is -0.495 e. The van der Waals surface area contributed by atoms with Crippen molar-refractivity contribution in [2.24, 2.45) is 0 Å². The summed E-state index contributed by atoms with van der Waals surface area (Å²) in [6, 6.07) is 0. The number of alkyl halides is 2. The largest absolute Gasteiger partial charge is 0.495 e. The highest BCUT2D eigenvalue weighted by Crippen LogP contribution is 2.31. The maximum Gasteiger partial charge on any atom is 0.268 e. The summed E-state index contributed by atoms with van der Waals surface area (Å²) in [5.41, 5.74) is -0.0897. The Morgan fingerprint density at radius 3 is 2.58 bits per heavy atom. The average molecular weight is 285 g/mol. The van der Waals surface area contributed by atoms with E-state index >= 15 is 0 Å². The molecular weight excluding hydrogens is 279 g/mol. The highest BCUT2D eigenvalue weighted by atomic mass is 127. The second kappa shape index (κ2) is 3.97. The zero-order valence-electron chi connectivity index (χ0n) is 6.22. The zero-order valence-corrected chi connectivity index (χ0v) is 8.38. The Morgan fingerprint density at radius 2 is 2.17 bits per heavy atom. The smallest absolute Gasteiger partial charge is 0.268 e. The SMILES string of the molecule is COc1cncc(I)c1C(F)F. The monoisotopic (exact) mass is 285 g/mol. The number of methoxy groups -OCH3 is 1. The Balaban J connectivity index is 3.20. The van der Waals surface area contributed by atoms with E-state index in [0.29, 0.717) is 3.57 Å². The minimum atomic E-state index is -2.52. The van der Waals surface area contributed by atoms with Crippen molar-refractivity contribution in [3.8, 4) is 5.75 Å². The number of aromatic nitrogens is 1.